The molecule has 1 saturated heterocycles. The van der Waals surface area contributed by atoms with E-state index in [4.69, 9.17) is 0 Å². The minimum atomic E-state index is -0.316. The van der Waals surface area contributed by atoms with Gasteiger partial charge in [0.1, 0.15) is 32.0 Å². The lowest BCUT2D eigenvalue weighted by Gasteiger charge is -2.30. The summed E-state index contributed by atoms with van der Waals surface area (Å²) in [6.07, 6.45) is 2.15. The zero-order valence-electron chi connectivity index (χ0n) is 16.5. The third-order valence-electron chi connectivity index (χ3n) is 5.12. The van der Waals surface area contributed by atoms with Gasteiger partial charge in [-0.1, -0.05) is 13.3 Å². The number of nitrogens with one attached hydrogen (secondary N) is 3. The average molecular weight is 381 g/mol. The molecule has 0 aliphatic carbocycles. The number of likely N-dealkylation sites (N-methyl/N-ethyl adjacent to an activating group) is 1. The molecular formula is C20H33FN4O2+2. The highest BCUT2D eigenvalue weighted by Crippen LogP contribution is 2.07. The Bertz CT molecular complexity index is 601. The van der Waals surface area contributed by atoms with Crippen molar-refractivity contribution in [3.63, 3.8) is 0 Å². The molecule has 0 bridgehead atoms. The van der Waals surface area contributed by atoms with Crippen molar-refractivity contribution >= 4 is 17.5 Å². The van der Waals surface area contributed by atoms with Gasteiger partial charge in [-0.05, 0) is 37.6 Å². The summed E-state index contributed by atoms with van der Waals surface area (Å²) in [4.78, 5) is 29.1. The Morgan fingerprint density at radius 1 is 1.04 bits per heavy atom. The van der Waals surface area contributed by atoms with Gasteiger partial charge in [0.15, 0.2) is 13.1 Å². The molecule has 0 saturated carbocycles. The average Bonchev–Trinajstić information content (AvgIpc) is 2.66. The van der Waals surface area contributed by atoms with Crippen molar-refractivity contribution in [2.75, 3.05) is 57.7 Å². The van der Waals surface area contributed by atoms with Crippen LogP contribution in [0, 0.1) is 5.82 Å². The maximum atomic E-state index is 12.9. The fraction of sp³-hybridized carbons (Fsp3) is 0.600. The normalized spacial score (nSPS) is 19.5. The van der Waals surface area contributed by atoms with E-state index >= 15 is 0 Å². The summed E-state index contributed by atoms with van der Waals surface area (Å²) in [5.41, 5.74) is 0.613. The summed E-state index contributed by atoms with van der Waals surface area (Å²) in [5, 5.41) is 2.81. The van der Waals surface area contributed by atoms with Crippen molar-refractivity contribution in [1.29, 1.82) is 0 Å². The molecule has 0 radical (unpaired) electrons. The van der Waals surface area contributed by atoms with Crippen molar-refractivity contribution in [3.8, 4) is 0 Å². The SMILES string of the molecule is CCCCN(CC)C(=O)C[NH+]1CC[NH+](CC(=O)Nc2ccc(F)cc2)CC1. The number of carbonyl (C=O) groups is 2. The minimum absolute atomic E-state index is 0.0622. The Morgan fingerprint density at radius 3 is 2.19 bits per heavy atom. The molecule has 2 rings (SSSR count). The third-order valence-corrected chi connectivity index (χ3v) is 5.12. The number of nitrogens with zero attached hydrogens (tertiary/aromatic N) is 1. The maximum absolute atomic E-state index is 12.9. The number of unbranched alkanes of at least 4 members (excludes halogenated alkanes) is 1. The fourth-order valence-electron chi connectivity index (χ4n) is 3.41. The highest BCUT2D eigenvalue weighted by molar-refractivity contribution is 5.91. The summed E-state index contributed by atoms with van der Waals surface area (Å²) in [5.74, 6) is -0.144. The Kier molecular flexibility index (Phi) is 8.67. The molecule has 27 heavy (non-hydrogen) atoms. The molecule has 0 aromatic heterocycles. The van der Waals surface area contributed by atoms with Gasteiger partial charge < -0.3 is 20.0 Å². The number of anilines is 1. The number of hydrogen-bond acceptors (Lipinski definition) is 2. The van der Waals surface area contributed by atoms with Crippen LogP contribution in [0.2, 0.25) is 0 Å². The van der Waals surface area contributed by atoms with Crippen molar-refractivity contribution < 1.29 is 23.8 Å². The molecule has 1 fully saturated rings. The molecule has 1 heterocycles. The minimum Gasteiger partial charge on any atom is -0.338 e. The third kappa shape index (κ3) is 7.27. The van der Waals surface area contributed by atoms with Crippen LogP contribution < -0.4 is 15.1 Å². The molecule has 3 N–H and O–H groups in total. The summed E-state index contributed by atoms with van der Waals surface area (Å²) < 4.78 is 12.9. The molecule has 2 amide bonds. The highest BCUT2D eigenvalue weighted by atomic mass is 19.1. The molecule has 150 valence electrons. The molecule has 1 aromatic rings. The monoisotopic (exact) mass is 380 g/mol. The molecule has 1 aliphatic rings. The number of quaternary nitrogens is 2. The van der Waals surface area contributed by atoms with Crippen molar-refractivity contribution in [1.82, 2.24) is 4.90 Å². The number of piperazine rings is 1. The van der Waals surface area contributed by atoms with Gasteiger partial charge in [0, 0.05) is 18.8 Å². The quantitative estimate of drug-likeness (QED) is 0.525. The summed E-state index contributed by atoms with van der Waals surface area (Å²) in [7, 11) is 0. The fourth-order valence-corrected chi connectivity index (χ4v) is 3.41. The van der Waals surface area contributed by atoms with E-state index in [1.807, 2.05) is 11.8 Å². The van der Waals surface area contributed by atoms with E-state index < -0.39 is 0 Å². The van der Waals surface area contributed by atoms with Gasteiger partial charge in [-0.3, -0.25) is 9.59 Å². The van der Waals surface area contributed by atoms with Crippen LogP contribution in [0.25, 0.3) is 0 Å². The van der Waals surface area contributed by atoms with Crippen LogP contribution in [-0.4, -0.2) is 69.1 Å². The summed E-state index contributed by atoms with van der Waals surface area (Å²) in [6.45, 7) is 10.3. The number of hydrogen-bond donors (Lipinski definition) is 3. The van der Waals surface area contributed by atoms with Gasteiger partial charge in [0.05, 0.1) is 0 Å². The van der Waals surface area contributed by atoms with Gasteiger partial charge in [-0.15, -0.1) is 0 Å². The predicted octanol–water partition coefficient (Wildman–Crippen LogP) is -0.804. The second-order valence-electron chi connectivity index (χ2n) is 7.24. The second kappa shape index (κ2) is 11.0. The van der Waals surface area contributed by atoms with Crippen molar-refractivity contribution in [2.45, 2.75) is 26.7 Å². The molecule has 0 unspecified atom stereocenters. The number of carbonyl (C=O) groups excluding carboxylic acids is 2. The first-order valence-electron chi connectivity index (χ1n) is 10.0. The van der Waals surface area contributed by atoms with E-state index in [1.54, 1.807) is 12.1 Å². The molecular weight excluding hydrogens is 347 g/mol. The lowest BCUT2D eigenvalue weighted by atomic mass is 10.2. The number of halogens is 1. The van der Waals surface area contributed by atoms with Crippen LogP contribution in [0.4, 0.5) is 10.1 Å². The summed E-state index contributed by atoms with van der Waals surface area (Å²) in [6, 6.07) is 5.80. The molecule has 0 spiro atoms. The van der Waals surface area contributed by atoms with Crippen molar-refractivity contribution in [3.05, 3.63) is 30.1 Å². The zero-order chi connectivity index (χ0) is 19.6. The largest absolute Gasteiger partial charge is 0.338 e. The molecule has 6 nitrogen and oxygen atoms in total. The number of benzene rings is 1. The van der Waals surface area contributed by atoms with Gasteiger partial charge in [0.2, 0.25) is 0 Å². The van der Waals surface area contributed by atoms with Gasteiger partial charge in [-0.25, -0.2) is 4.39 Å². The predicted molar refractivity (Wildman–Crippen MR) is 103 cm³/mol. The van der Waals surface area contributed by atoms with Crippen LogP contribution in [0.3, 0.4) is 0 Å². The molecule has 7 heteroatoms. The second-order valence-corrected chi connectivity index (χ2v) is 7.24. The maximum Gasteiger partial charge on any atom is 0.279 e. The number of rotatable bonds is 9. The standard InChI is InChI=1S/C20H31FN4O2/c1-3-5-10-25(4-2)20(27)16-24-13-11-23(12-14-24)15-19(26)22-18-8-6-17(21)7-9-18/h6-9H,3-5,10-16H2,1-2H3,(H,22,26)/p+2. The summed E-state index contributed by atoms with van der Waals surface area (Å²) >= 11 is 0. The van der Waals surface area contributed by atoms with Gasteiger partial charge in [0.25, 0.3) is 11.8 Å². The van der Waals surface area contributed by atoms with Crippen LogP contribution in [0.5, 0.6) is 0 Å². The van der Waals surface area contributed by atoms with Crippen molar-refractivity contribution in [2.24, 2.45) is 0 Å². The number of amides is 2. The smallest absolute Gasteiger partial charge is 0.279 e. The molecule has 0 atom stereocenters. The lowest BCUT2D eigenvalue weighted by molar-refractivity contribution is -1.00. The highest BCUT2D eigenvalue weighted by Gasteiger charge is 2.27. The van der Waals surface area contributed by atoms with Crippen LogP contribution >= 0.6 is 0 Å². The van der Waals surface area contributed by atoms with E-state index in [1.165, 1.54) is 21.9 Å². The lowest BCUT2D eigenvalue weighted by Crippen LogP contribution is -3.28. The Labute approximate surface area is 161 Å². The first-order valence-corrected chi connectivity index (χ1v) is 10.0. The van der Waals surface area contributed by atoms with E-state index in [0.717, 1.165) is 52.1 Å². The van der Waals surface area contributed by atoms with Crippen LogP contribution in [0.1, 0.15) is 26.7 Å². The van der Waals surface area contributed by atoms with Gasteiger partial charge >= 0.3 is 0 Å². The van der Waals surface area contributed by atoms with E-state index in [0.29, 0.717) is 18.8 Å². The first-order chi connectivity index (χ1) is 13.0. The van der Waals surface area contributed by atoms with E-state index in [2.05, 4.69) is 12.2 Å². The van der Waals surface area contributed by atoms with Crippen LogP contribution in [-0.2, 0) is 9.59 Å². The molecule has 1 aliphatic heterocycles. The Hall–Kier alpha value is -1.99. The molecule has 1 aromatic carbocycles. The van der Waals surface area contributed by atoms with E-state index in [-0.39, 0.29) is 17.6 Å². The van der Waals surface area contributed by atoms with Gasteiger partial charge in [-0.2, -0.15) is 0 Å². The topological polar surface area (TPSA) is 58.3 Å². The zero-order valence-corrected chi connectivity index (χ0v) is 16.5. The first kappa shape index (κ1) is 21.3. The Morgan fingerprint density at radius 2 is 1.63 bits per heavy atom. The van der Waals surface area contributed by atoms with Crippen LogP contribution in [0.15, 0.2) is 24.3 Å². The van der Waals surface area contributed by atoms with E-state index in [9.17, 15) is 14.0 Å². The Balaban J connectivity index is 1.70.